The van der Waals surface area contributed by atoms with Crippen LogP contribution >= 0.6 is 0 Å². The fraction of sp³-hybridized carbons (Fsp3) is 0.515. The predicted molar refractivity (Wildman–Crippen MR) is 160 cm³/mol. The summed E-state index contributed by atoms with van der Waals surface area (Å²) in [5, 5.41) is 4.97. The van der Waals surface area contributed by atoms with E-state index in [1.54, 1.807) is 0 Å². The first-order valence-electron chi connectivity index (χ1n) is 14.6. The van der Waals surface area contributed by atoms with E-state index in [1.807, 2.05) is 22.8 Å². The average Bonchev–Trinajstić information content (AvgIpc) is 3.27. The number of rotatable bonds is 11. The van der Waals surface area contributed by atoms with Gasteiger partial charge in [0, 0.05) is 42.5 Å². The highest BCUT2D eigenvalue weighted by Crippen LogP contribution is 2.29. The lowest BCUT2D eigenvalue weighted by Crippen LogP contribution is -2.34. The fourth-order valence-electron chi connectivity index (χ4n) is 5.07. The Kier molecular flexibility index (Phi) is 9.79. The molecule has 1 aliphatic rings. The molecule has 1 aliphatic heterocycles. The molecule has 38 heavy (non-hydrogen) atoms. The lowest BCUT2D eigenvalue weighted by atomic mass is 10.0. The third-order valence-corrected chi connectivity index (χ3v) is 7.58. The van der Waals surface area contributed by atoms with Gasteiger partial charge in [0.2, 0.25) is 0 Å². The van der Waals surface area contributed by atoms with E-state index in [0.29, 0.717) is 11.8 Å². The molecule has 1 fully saturated rings. The topological polar surface area (TPSA) is 40.9 Å². The minimum atomic E-state index is 0.120. The van der Waals surface area contributed by atoms with E-state index >= 15 is 0 Å². The monoisotopic (exact) mass is 514 g/mol. The number of amides is 1. The number of aryl methyl sites for hydroxylation is 1. The number of pyridine rings is 1. The van der Waals surface area contributed by atoms with Crippen molar-refractivity contribution in [2.75, 3.05) is 32.7 Å². The van der Waals surface area contributed by atoms with Gasteiger partial charge >= 0.3 is 0 Å². The van der Waals surface area contributed by atoms with Crippen molar-refractivity contribution in [3.05, 3.63) is 65.4 Å². The van der Waals surface area contributed by atoms with Crippen molar-refractivity contribution in [3.8, 4) is 11.3 Å². The molecule has 0 bridgehead atoms. The Labute approximate surface area is 229 Å². The predicted octanol–water partition coefficient (Wildman–Crippen LogP) is 7.34. The number of benzene rings is 1. The number of carbonyl (C=O) groups is 1. The highest BCUT2D eigenvalue weighted by molar-refractivity contribution is 5.96. The molecule has 0 N–H and O–H groups in total. The SMILES string of the molecule is Cc1ccc(-c2nn3ccc(C(=O)N(CCC(C)C)CCC(C)C)cc3c2/C=C/CN2CCCCC2)cc1. The summed E-state index contributed by atoms with van der Waals surface area (Å²) in [6.07, 6.45) is 12.4. The first-order chi connectivity index (χ1) is 18.3. The Morgan fingerprint density at radius 1 is 0.974 bits per heavy atom. The highest BCUT2D eigenvalue weighted by atomic mass is 16.2. The summed E-state index contributed by atoms with van der Waals surface area (Å²) in [6.45, 7) is 15.9. The summed E-state index contributed by atoms with van der Waals surface area (Å²) in [4.78, 5) is 18.3. The van der Waals surface area contributed by atoms with Gasteiger partial charge in [-0.1, -0.05) is 76.1 Å². The standard InChI is InChI=1S/C33H46N4O/c1-25(2)15-21-36(22-16-26(3)4)33(38)29-17-23-37-31(24-29)30(10-9-20-35-18-7-6-8-19-35)32(34-37)28-13-11-27(5)12-14-28/h9-14,17,23-26H,6-8,15-16,18-22H2,1-5H3/b10-9+. The van der Waals surface area contributed by atoms with E-state index in [2.05, 4.69) is 80.8 Å². The number of piperidine rings is 1. The van der Waals surface area contributed by atoms with Crippen LogP contribution < -0.4 is 0 Å². The van der Waals surface area contributed by atoms with Crippen LogP contribution in [0.3, 0.4) is 0 Å². The van der Waals surface area contributed by atoms with Gasteiger partial charge in [0.15, 0.2) is 0 Å². The molecule has 0 radical (unpaired) electrons. The molecule has 0 atom stereocenters. The minimum Gasteiger partial charge on any atom is -0.339 e. The minimum absolute atomic E-state index is 0.120. The van der Waals surface area contributed by atoms with E-state index in [0.717, 1.165) is 60.4 Å². The number of hydrogen-bond donors (Lipinski definition) is 0. The Balaban J connectivity index is 1.68. The van der Waals surface area contributed by atoms with Gasteiger partial charge in [0.05, 0.1) is 5.52 Å². The quantitative estimate of drug-likeness (QED) is 0.269. The van der Waals surface area contributed by atoms with Crippen molar-refractivity contribution in [1.82, 2.24) is 19.4 Å². The molecule has 1 amide bonds. The third kappa shape index (κ3) is 7.35. The van der Waals surface area contributed by atoms with Gasteiger partial charge < -0.3 is 4.90 Å². The van der Waals surface area contributed by atoms with Crippen molar-refractivity contribution in [1.29, 1.82) is 0 Å². The Morgan fingerprint density at radius 3 is 2.26 bits per heavy atom. The lowest BCUT2D eigenvalue weighted by molar-refractivity contribution is 0.0741. The van der Waals surface area contributed by atoms with E-state index < -0.39 is 0 Å². The van der Waals surface area contributed by atoms with Crippen LogP contribution in [0.15, 0.2) is 48.7 Å². The van der Waals surface area contributed by atoms with Crippen LogP contribution in [0.1, 0.15) is 81.3 Å². The van der Waals surface area contributed by atoms with E-state index in [1.165, 1.54) is 37.9 Å². The zero-order chi connectivity index (χ0) is 27.1. The molecule has 204 valence electrons. The molecular formula is C33H46N4O. The maximum Gasteiger partial charge on any atom is 0.253 e. The molecule has 3 heterocycles. The van der Waals surface area contributed by atoms with Crippen molar-refractivity contribution in [2.45, 2.75) is 66.7 Å². The number of aromatic nitrogens is 2. The average molecular weight is 515 g/mol. The third-order valence-electron chi connectivity index (χ3n) is 7.58. The zero-order valence-corrected chi connectivity index (χ0v) is 24.1. The summed E-state index contributed by atoms with van der Waals surface area (Å²) >= 11 is 0. The van der Waals surface area contributed by atoms with Gasteiger partial charge in [-0.3, -0.25) is 9.69 Å². The van der Waals surface area contributed by atoms with Crippen LogP contribution in [0.25, 0.3) is 22.9 Å². The second-order valence-corrected chi connectivity index (χ2v) is 11.8. The fourth-order valence-corrected chi connectivity index (χ4v) is 5.07. The first-order valence-corrected chi connectivity index (χ1v) is 14.6. The molecule has 0 saturated carbocycles. The van der Waals surface area contributed by atoms with Crippen molar-refractivity contribution in [3.63, 3.8) is 0 Å². The Hall–Kier alpha value is -2.92. The first kappa shape index (κ1) is 28.1. The summed E-state index contributed by atoms with van der Waals surface area (Å²) in [6, 6.07) is 12.5. The van der Waals surface area contributed by atoms with Crippen molar-refractivity contribution < 1.29 is 4.79 Å². The van der Waals surface area contributed by atoms with Crippen LogP contribution in [-0.4, -0.2) is 58.0 Å². The zero-order valence-electron chi connectivity index (χ0n) is 24.1. The number of likely N-dealkylation sites (tertiary alicyclic amines) is 1. The maximum atomic E-state index is 13.7. The molecule has 0 spiro atoms. The number of hydrogen-bond acceptors (Lipinski definition) is 3. The van der Waals surface area contributed by atoms with E-state index in [-0.39, 0.29) is 5.91 Å². The molecule has 1 saturated heterocycles. The van der Waals surface area contributed by atoms with Gasteiger partial charge in [0.1, 0.15) is 5.69 Å². The second kappa shape index (κ2) is 13.2. The Bertz CT molecular complexity index is 1200. The molecule has 4 rings (SSSR count). The van der Waals surface area contributed by atoms with Crippen molar-refractivity contribution in [2.24, 2.45) is 11.8 Å². The van der Waals surface area contributed by atoms with Crippen LogP contribution in [-0.2, 0) is 0 Å². The normalized spacial score (nSPS) is 14.8. The summed E-state index contributed by atoms with van der Waals surface area (Å²) in [5.41, 5.74) is 6.09. The molecule has 3 aromatic rings. The van der Waals surface area contributed by atoms with Crippen LogP contribution in [0, 0.1) is 18.8 Å². The number of fused-ring (bicyclic) bond motifs is 1. The smallest absolute Gasteiger partial charge is 0.253 e. The highest BCUT2D eigenvalue weighted by Gasteiger charge is 2.20. The van der Waals surface area contributed by atoms with Gasteiger partial charge in [-0.2, -0.15) is 5.10 Å². The van der Waals surface area contributed by atoms with Crippen LogP contribution in [0.4, 0.5) is 0 Å². The largest absolute Gasteiger partial charge is 0.339 e. The lowest BCUT2D eigenvalue weighted by Gasteiger charge is -2.25. The molecule has 0 unspecified atom stereocenters. The van der Waals surface area contributed by atoms with Crippen LogP contribution in [0.5, 0.6) is 0 Å². The second-order valence-electron chi connectivity index (χ2n) is 11.8. The van der Waals surface area contributed by atoms with Gasteiger partial charge in [0.25, 0.3) is 5.91 Å². The molecule has 2 aromatic heterocycles. The Morgan fingerprint density at radius 2 is 1.63 bits per heavy atom. The molecule has 5 heteroatoms. The van der Waals surface area contributed by atoms with Crippen molar-refractivity contribution >= 4 is 17.5 Å². The molecule has 0 aliphatic carbocycles. The number of nitrogens with zero attached hydrogens (tertiary/aromatic N) is 4. The molecular weight excluding hydrogens is 468 g/mol. The summed E-state index contributed by atoms with van der Waals surface area (Å²) in [5.74, 6) is 1.25. The maximum absolute atomic E-state index is 13.7. The summed E-state index contributed by atoms with van der Waals surface area (Å²) in [7, 11) is 0. The van der Waals surface area contributed by atoms with Crippen LogP contribution in [0.2, 0.25) is 0 Å². The van der Waals surface area contributed by atoms with E-state index in [4.69, 9.17) is 5.10 Å². The van der Waals surface area contributed by atoms with Gasteiger partial charge in [-0.25, -0.2) is 4.52 Å². The van der Waals surface area contributed by atoms with E-state index in [9.17, 15) is 4.79 Å². The molecule has 1 aromatic carbocycles. The number of carbonyl (C=O) groups excluding carboxylic acids is 1. The molecule has 5 nitrogen and oxygen atoms in total. The van der Waals surface area contributed by atoms with Gasteiger partial charge in [-0.05, 0) is 69.7 Å². The van der Waals surface area contributed by atoms with Gasteiger partial charge in [-0.15, -0.1) is 0 Å². The summed E-state index contributed by atoms with van der Waals surface area (Å²) < 4.78 is 1.93.